The fourth-order valence-electron chi connectivity index (χ4n) is 2.74. The van der Waals surface area contributed by atoms with Crippen molar-refractivity contribution in [2.45, 2.75) is 32.7 Å². The van der Waals surface area contributed by atoms with Gasteiger partial charge >= 0.3 is 5.97 Å². The van der Waals surface area contributed by atoms with E-state index in [4.69, 9.17) is 16.7 Å². The summed E-state index contributed by atoms with van der Waals surface area (Å²) in [5.74, 6) is -0.952. The number of aryl methyl sites for hydroxylation is 1. The summed E-state index contributed by atoms with van der Waals surface area (Å²) in [6.07, 6.45) is 1.21. The van der Waals surface area contributed by atoms with E-state index < -0.39 is 5.97 Å². The molecular formula is C16H20ClNO3. The first-order valence-electron chi connectivity index (χ1n) is 7.17. The Bertz CT molecular complexity index is 550. The monoisotopic (exact) mass is 309 g/mol. The molecule has 1 aliphatic heterocycles. The van der Waals surface area contributed by atoms with Gasteiger partial charge in [0.25, 0.3) is 0 Å². The molecule has 1 heterocycles. The van der Waals surface area contributed by atoms with E-state index in [9.17, 15) is 9.59 Å². The molecule has 0 amide bonds. The second-order valence-electron chi connectivity index (χ2n) is 5.65. The zero-order valence-corrected chi connectivity index (χ0v) is 13.1. The number of nitrogens with zero attached hydrogens (tertiary/aromatic N) is 1. The van der Waals surface area contributed by atoms with Crippen molar-refractivity contribution in [3.63, 3.8) is 0 Å². The lowest BCUT2D eigenvalue weighted by Crippen LogP contribution is -2.45. The normalized spacial score (nSPS) is 18.4. The Labute approximate surface area is 129 Å². The van der Waals surface area contributed by atoms with Gasteiger partial charge in [-0.05, 0) is 63.5 Å². The van der Waals surface area contributed by atoms with Crippen molar-refractivity contribution in [3.8, 4) is 0 Å². The number of carbonyl (C=O) groups excluding carboxylic acids is 1. The molecule has 0 spiro atoms. The smallest absolute Gasteiger partial charge is 0.306 e. The molecular weight excluding hydrogens is 290 g/mol. The third kappa shape index (κ3) is 3.63. The molecule has 1 unspecified atom stereocenters. The van der Waals surface area contributed by atoms with Gasteiger partial charge in [0, 0.05) is 10.6 Å². The molecule has 114 valence electrons. The van der Waals surface area contributed by atoms with Gasteiger partial charge in [0.15, 0.2) is 5.78 Å². The summed E-state index contributed by atoms with van der Waals surface area (Å²) >= 11 is 5.98. The summed E-state index contributed by atoms with van der Waals surface area (Å²) < 4.78 is 0. The van der Waals surface area contributed by atoms with E-state index in [1.807, 2.05) is 19.9 Å². The van der Waals surface area contributed by atoms with Crippen molar-refractivity contribution in [1.82, 2.24) is 4.90 Å². The maximum absolute atomic E-state index is 12.5. The summed E-state index contributed by atoms with van der Waals surface area (Å²) in [6, 6.07) is 5.07. The van der Waals surface area contributed by atoms with E-state index in [1.54, 1.807) is 12.1 Å². The number of rotatable bonds is 4. The van der Waals surface area contributed by atoms with E-state index in [1.165, 1.54) is 0 Å². The predicted octanol–water partition coefficient (Wildman–Crippen LogP) is 3.02. The molecule has 5 heteroatoms. The molecule has 0 bridgehead atoms. The average molecular weight is 310 g/mol. The highest BCUT2D eigenvalue weighted by Gasteiger charge is 2.29. The van der Waals surface area contributed by atoms with Crippen molar-refractivity contribution in [1.29, 1.82) is 0 Å². The molecule has 0 aliphatic carbocycles. The first-order chi connectivity index (χ1) is 9.90. The van der Waals surface area contributed by atoms with Crippen molar-refractivity contribution in [2.75, 3.05) is 13.1 Å². The Morgan fingerprint density at radius 3 is 2.48 bits per heavy atom. The summed E-state index contributed by atoms with van der Waals surface area (Å²) in [4.78, 5) is 25.5. The highest BCUT2D eigenvalue weighted by molar-refractivity contribution is 6.31. The van der Waals surface area contributed by atoms with Crippen LogP contribution in [0.4, 0.5) is 0 Å². The summed E-state index contributed by atoms with van der Waals surface area (Å²) in [5, 5.41) is 9.66. The largest absolute Gasteiger partial charge is 0.481 e. The van der Waals surface area contributed by atoms with Gasteiger partial charge in [0.1, 0.15) is 0 Å². The van der Waals surface area contributed by atoms with Crippen LogP contribution in [0, 0.1) is 12.8 Å². The van der Waals surface area contributed by atoms with Crippen LogP contribution in [-0.2, 0) is 4.79 Å². The molecule has 0 radical (unpaired) electrons. The number of Topliss-reactive ketones (excluding diaryl/α,β-unsaturated/α-hetero) is 1. The fourth-order valence-corrected chi connectivity index (χ4v) is 2.86. The highest BCUT2D eigenvalue weighted by atomic mass is 35.5. The summed E-state index contributed by atoms with van der Waals surface area (Å²) in [5.41, 5.74) is 1.55. The van der Waals surface area contributed by atoms with E-state index >= 15 is 0 Å². The van der Waals surface area contributed by atoms with Gasteiger partial charge in [-0.25, -0.2) is 0 Å². The third-order valence-corrected chi connectivity index (χ3v) is 4.67. The molecule has 1 atom stereocenters. The topological polar surface area (TPSA) is 57.6 Å². The maximum Gasteiger partial charge on any atom is 0.306 e. The van der Waals surface area contributed by atoms with E-state index in [0.717, 1.165) is 5.56 Å². The van der Waals surface area contributed by atoms with Gasteiger partial charge < -0.3 is 5.11 Å². The van der Waals surface area contributed by atoms with Gasteiger partial charge in [0.2, 0.25) is 0 Å². The number of hydrogen-bond acceptors (Lipinski definition) is 3. The molecule has 0 aromatic heterocycles. The molecule has 1 N–H and O–H groups in total. The Morgan fingerprint density at radius 2 is 1.95 bits per heavy atom. The SMILES string of the molecule is Cc1cc(C(=O)C(C)N2CCC(C(=O)O)CC2)ccc1Cl. The number of likely N-dealkylation sites (tertiary alicyclic amines) is 1. The Balaban J connectivity index is 2.03. The van der Waals surface area contributed by atoms with Crippen LogP contribution in [0.15, 0.2) is 18.2 Å². The number of aliphatic carboxylic acids is 1. The van der Waals surface area contributed by atoms with Crippen molar-refractivity contribution >= 4 is 23.4 Å². The number of halogens is 1. The lowest BCUT2D eigenvalue weighted by atomic mass is 9.94. The number of carboxylic acids is 1. The summed E-state index contributed by atoms with van der Waals surface area (Å²) in [6.45, 7) is 5.06. The molecule has 2 rings (SSSR count). The Kier molecular flexibility index (Phi) is 5.01. The lowest BCUT2D eigenvalue weighted by molar-refractivity contribution is -0.143. The van der Waals surface area contributed by atoms with Crippen LogP contribution in [0.3, 0.4) is 0 Å². The van der Waals surface area contributed by atoms with Crippen molar-refractivity contribution in [2.24, 2.45) is 5.92 Å². The van der Waals surface area contributed by atoms with Gasteiger partial charge in [-0.15, -0.1) is 0 Å². The van der Waals surface area contributed by atoms with E-state index in [0.29, 0.717) is 36.5 Å². The Hall–Kier alpha value is -1.39. The standard InChI is InChI=1S/C16H20ClNO3/c1-10-9-13(3-4-14(10)17)15(19)11(2)18-7-5-12(6-8-18)16(20)21/h3-4,9,11-12H,5-8H2,1-2H3,(H,20,21). The van der Waals surface area contributed by atoms with Crippen LogP contribution < -0.4 is 0 Å². The number of carboxylic acid groups (broad SMARTS) is 1. The second-order valence-corrected chi connectivity index (χ2v) is 6.06. The van der Waals surface area contributed by atoms with Crippen molar-refractivity contribution < 1.29 is 14.7 Å². The number of hydrogen-bond donors (Lipinski definition) is 1. The molecule has 1 aromatic rings. The van der Waals surface area contributed by atoms with Crippen LogP contribution in [0.5, 0.6) is 0 Å². The zero-order valence-electron chi connectivity index (χ0n) is 12.3. The number of carbonyl (C=O) groups is 2. The maximum atomic E-state index is 12.5. The minimum Gasteiger partial charge on any atom is -0.481 e. The lowest BCUT2D eigenvalue weighted by Gasteiger charge is -2.34. The van der Waals surface area contributed by atoms with Crippen LogP contribution in [0.2, 0.25) is 5.02 Å². The quantitative estimate of drug-likeness (QED) is 0.869. The van der Waals surface area contributed by atoms with Crippen LogP contribution >= 0.6 is 11.6 Å². The molecule has 4 nitrogen and oxygen atoms in total. The highest BCUT2D eigenvalue weighted by Crippen LogP contribution is 2.22. The minimum absolute atomic E-state index is 0.0588. The number of piperidine rings is 1. The zero-order chi connectivity index (χ0) is 15.6. The van der Waals surface area contributed by atoms with Gasteiger partial charge in [-0.3, -0.25) is 14.5 Å². The molecule has 1 aliphatic rings. The van der Waals surface area contributed by atoms with Crippen LogP contribution in [-0.4, -0.2) is 40.9 Å². The van der Waals surface area contributed by atoms with Gasteiger partial charge in [0.05, 0.1) is 12.0 Å². The number of benzene rings is 1. The molecule has 1 fully saturated rings. The van der Waals surface area contributed by atoms with E-state index in [2.05, 4.69) is 4.90 Å². The molecule has 0 saturated carbocycles. The van der Waals surface area contributed by atoms with Crippen molar-refractivity contribution in [3.05, 3.63) is 34.3 Å². The molecule has 1 saturated heterocycles. The molecule has 1 aromatic carbocycles. The minimum atomic E-state index is -0.734. The summed E-state index contributed by atoms with van der Waals surface area (Å²) in [7, 11) is 0. The van der Waals surface area contributed by atoms with Gasteiger partial charge in [-0.2, -0.15) is 0 Å². The first kappa shape index (κ1) is 16.0. The third-order valence-electron chi connectivity index (χ3n) is 4.25. The fraction of sp³-hybridized carbons (Fsp3) is 0.500. The van der Waals surface area contributed by atoms with Crippen LogP contribution in [0.25, 0.3) is 0 Å². The predicted molar refractivity (Wildman–Crippen MR) is 81.9 cm³/mol. The average Bonchev–Trinajstić information content (AvgIpc) is 2.48. The second kappa shape index (κ2) is 6.58. The van der Waals surface area contributed by atoms with Gasteiger partial charge in [-0.1, -0.05) is 11.6 Å². The number of ketones is 1. The van der Waals surface area contributed by atoms with Crippen LogP contribution in [0.1, 0.15) is 35.7 Å². The molecule has 21 heavy (non-hydrogen) atoms. The van der Waals surface area contributed by atoms with E-state index in [-0.39, 0.29) is 17.7 Å². The first-order valence-corrected chi connectivity index (χ1v) is 7.55. The Morgan fingerprint density at radius 1 is 1.33 bits per heavy atom.